The number of likely N-dealkylation sites (N-methyl/N-ethyl adjacent to an activating group) is 1. The van der Waals surface area contributed by atoms with Crippen LogP contribution in [0.25, 0.3) is 10.8 Å². The molecule has 1 amide bonds. The SMILES string of the molecule is CN1CCN(CC(=O)Nc2ccc(S(=O)Nc3ccc(CC(=O)CCc4cccnc4)cc3)c3ccccc23)CC1.O. The Hall–Kier alpha value is -3.96. The maximum Gasteiger partial charge on any atom is 0.238 e. The van der Waals surface area contributed by atoms with Crippen LogP contribution in [0.15, 0.2) is 90.1 Å². The molecule has 10 heteroatoms. The Morgan fingerprint density at radius 2 is 1.62 bits per heavy atom. The van der Waals surface area contributed by atoms with Gasteiger partial charge in [0, 0.05) is 73.6 Å². The molecule has 1 fully saturated rings. The lowest BCUT2D eigenvalue weighted by Crippen LogP contribution is -2.47. The van der Waals surface area contributed by atoms with Gasteiger partial charge in [-0.2, -0.15) is 0 Å². The first-order valence-electron chi connectivity index (χ1n) is 13.8. The topological polar surface area (TPSA) is 126 Å². The molecule has 0 bridgehead atoms. The molecule has 0 spiro atoms. The summed E-state index contributed by atoms with van der Waals surface area (Å²) in [7, 11) is 0.563. The van der Waals surface area contributed by atoms with E-state index in [0.29, 0.717) is 42.1 Å². The summed E-state index contributed by atoms with van der Waals surface area (Å²) in [6.07, 6.45) is 5.02. The molecule has 1 aliphatic rings. The highest BCUT2D eigenvalue weighted by Gasteiger charge is 2.18. The van der Waals surface area contributed by atoms with E-state index in [2.05, 4.69) is 31.9 Å². The molecule has 42 heavy (non-hydrogen) atoms. The molecule has 220 valence electrons. The highest BCUT2D eigenvalue weighted by Crippen LogP contribution is 2.29. The van der Waals surface area contributed by atoms with Crippen molar-refractivity contribution in [3.63, 3.8) is 0 Å². The molecule has 2 heterocycles. The van der Waals surface area contributed by atoms with Crippen LogP contribution in [0, 0.1) is 0 Å². The molecule has 9 nitrogen and oxygen atoms in total. The number of hydrogen-bond acceptors (Lipinski definition) is 6. The number of aromatic nitrogens is 1. The van der Waals surface area contributed by atoms with Gasteiger partial charge in [0.2, 0.25) is 5.91 Å². The van der Waals surface area contributed by atoms with Crippen LogP contribution in [0.3, 0.4) is 0 Å². The van der Waals surface area contributed by atoms with E-state index in [9.17, 15) is 13.8 Å². The summed E-state index contributed by atoms with van der Waals surface area (Å²) in [5.41, 5.74) is 3.37. The Labute approximate surface area is 248 Å². The van der Waals surface area contributed by atoms with Gasteiger partial charge in [-0.15, -0.1) is 0 Å². The summed E-state index contributed by atoms with van der Waals surface area (Å²) in [6, 6.07) is 22.6. The van der Waals surface area contributed by atoms with Gasteiger partial charge in [-0.3, -0.25) is 19.5 Å². The predicted molar refractivity (Wildman–Crippen MR) is 168 cm³/mol. The van der Waals surface area contributed by atoms with E-state index in [4.69, 9.17) is 0 Å². The molecule has 0 saturated carbocycles. The summed E-state index contributed by atoms with van der Waals surface area (Å²) >= 11 is 0. The van der Waals surface area contributed by atoms with Crippen molar-refractivity contribution >= 4 is 44.8 Å². The zero-order chi connectivity index (χ0) is 28.6. The molecule has 5 rings (SSSR count). The highest BCUT2D eigenvalue weighted by molar-refractivity contribution is 7.86. The summed E-state index contributed by atoms with van der Waals surface area (Å²) in [5, 5.41) is 4.71. The molecule has 0 aliphatic carbocycles. The van der Waals surface area contributed by atoms with Crippen LogP contribution in [0.2, 0.25) is 0 Å². The first-order valence-corrected chi connectivity index (χ1v) is 15.0. The Balaban J connectivity index is 0.00000405. The van der Waals surface area contributed by atoms with Gasteiger partial charge in [-0.1, -0.05) is 42.5 Å². The number of hydrogen-bond donors (Lipinski definition) is 2. The number of pyridine rings is 1. The van der Waals surface area contributed by atoms with Crippen molar-refractivity contribution in [2.45, 2.75) is 24.2 Å². The molecule has 1 aromatic heterocycles. The van der Waals surface area contributed by atoms with Gasteiger partial charge in [0.15, 0.2) is 11.0 Å². The third-order valence-electron chi connectivity index (χ3n) is 7.30. The van der Waals surface area contributed by atoms with E-state index in [1.807, 2.05) is 66.7 Å². The Bertz CT molecular complexity index is 1520. The fraction of sp³-hybridized carbons (Fsp3) is 0.281. The van der Waals surface area contributed by atoms with Crippen molar-refractivity contribution in [2.75, 3.05) is 49.8 Å². The average molecular weight is 588 g/mol. The van der Waals surface area contributed by atoms with Gasteiger partial charge in [0.1, 0.15) is 5.78 Å². The van der Waals surface area contributed by atoms with E-state index in [-0.39, 0.29) is 17.2 Å². The van der Waals surface area contributed by atoms with Gasteiger partial charge in [0.25, 0.3) is 0 Å². The van der Waals surface area contributed by atoms with Crippen molar-refractivity contribution < 1.29 is 19.3 Å². The number of nitrogens with one attached hydrogen (secondary N) is 2. The van der Waals surface area contributed by atoms with E-state index in [1.165, 1.54) is 0 Å². The van der Waals surface area contributed by atoms with Crippen molar-refractivity contribution in [1.29, 1.82) is 0 Å². The summed E-state index contributed by atoms with van der Waals surface area (Å²) in [6.45, 7) is 4.01. The number of fused-ring (bicyclic) bond motifs is 1. The quantitative estimate of drug-likeness (QED) is 0.277. The number of anilines is 2. The molecule has 4 N–H and O–H groups in total. The third-order valence-corrected chi connectivity index (χ3v) is 8.48. The van der Waals surface area contributed by atoms with Crippen molar-refractivity contribution in [2.24, 2.45) is 0 Å². The third kappa shape index (κ3) is 8.29. The van der Waals surface area contributed by atoms with Crippen molar-refractivity contribution in [1.82, 2.24) is 14.8 Å². The van der Waals surface area contributed by atoms with Crippen LogP contribution in [-0.2, 0) is 33.4 Å². The van der Waals surface area contributed by atoms with E-state index < -0.39 is 11.0 Å². The number of amides is 1. The number of nitrogens with zero attached hydrogens (tertiary/aromatic N) is 3. The van der Waals surface area contributed by atoms with E-state index >= 15 is 0 Å². The lowest BCUT2D eigenvalue weighted by Gasteiger charge is -2.31. The molecular weight excluding hydrogens is 550 g/mol. The lowest BCUT2D eigenvalue weighted by molar-refractivity contribution is -0.118. The number of rotatable bonds is 11. The highest BCUT2D eigenvalue weighted by atomic mass is 32.2. The second-order valence-electron chi connectivity index (χ2n) is 10.4. The molecule has 3 aromatic carbocycles. The first-order chi connectivity index (χ1) is 19.9. The minimum Gasteiger partial charge on any atom is -0.412 e. The molecule has 1 aliphatic heterocycles. The number of ketones is 1. The maximum absolute atomic E-state index is 13.4. The molecule has 4 aromatic rings. The first kappa shape index (κ1) is 31.0. The van der Waals surface area contributed by atoms with Crippen LogP contribution in [0.1, 0.15) is 17.5 Å². The number of aryl methyl sites for hydroxylation is 1. The zero-order valence-corrected chi connectivity index (χ0v) is 24.5. The standard InChI is InChI=1S/C32H35N5O3S.H2O/c1-36-17-19-37(20-18-36)23-32(39)34-30-14-15-31(29-7-3-2-6-28(29)30)41(40)35-26-11-8-24(9-12-26)21-27(38)13-10-25-5-4-16-33-22-25;/h2-9,11-12,14-16,22,35H,10,13,17-21,23H2,1H3,(H,34,39);1H2. The van der Waals surface area contributed by atoms with Crippen molar-refractivity contribution in [3.05, 3.63) is 96.3 Å². The fourth-order valence-electron chi connectivity index (χ4n) is 4.94. The maximum atomic E-state index is 13.4. The zero-order valence-electron chi connectivity index (χ0n) is 23.7. The lowest BCUT2D eigenvalue weighted by atomic mass is 10.0. The molecule has 1 atom stereocenters. The van der Waals surface area contributed by atoms with Crippen molar-refractivity contribution in [3.8, 4) is 0 Å². The van der Waals surface area contributed by atoms with E-state index in [0.717, 1.165) is 48.1 Å². The monoisotopic (exact) mass is 587 g/mol. The number of benzene rings is 3. The van der Waals surface area contributed by atoms with Gasteiger partial charge in [-0.25, -0.2) is 4.21 Å². The molecule has 1 unspecified atom stereocenters. The number of carbonyl (C=O) groups is 2. The smallest absolute Gasteiger partial charge is 0.238 e. The normalized spacial score (nSPS) is 14.6. The molecule has 1 saturated heterocycles. The number of carbonyl (C=O) groups excluding carboxylic acids is 2. The van der Waals surface area contributed by atoms with Crippen LogP contribution >= 0.6 is 0 Å². The minimum absolute atomic E-state index is 0. The van der Waals surface area contributed by atoms with E-state index in [1.54, 1.807) is 18.5 Å². The second-order valence-corrected chi connectivity index (χ2v) is 11.6. The molecule has 0 radical (unpaired) electrons. The number of piperazine rings is 1. The Morgan fingerprint density at radius 1 is 0.881 bits per heavy atom. The van der Waals surface area contributed by atoms with Gasteiger partial charge >= 0.3 is 0 Å². The van der Waals surface area contributed by atoms with Gasteiger partial charge in [-0.05, 0) is 54.9 Å². The van der Waals surface area contributed by atoms with Gasteiger partial charge < -0.3 is 20.4 Å². The summed E-state index contributed by atoms with van der Waals surface area (Å²) in [4.78, 5) is 34.4. The summed E-state index contributed by atoms with van der Waals surface area (Å²) < 4.78 is 16.5. The van der Waals surface area contributed by atoms with Crippen LogP contribution < -0.4 is 10.0 Å². The second kappa shape index (κ2) is 14.8. The van der Waals surface area contributed by atoms with Crippen LogP contribution in [0.5, 0.6) is 0 Å². The Morgan fingerprint density at radius 3 is 2.33 bits per heavy atom. The minimum atomic E-state index is -1.53. The predicted octanol–water partition coefficient (Wildman–Crippen LogP) is 3.48. The Kier molecular flexibility index (Phi) is 10.9. The van der Waals surface area contributed by atoms with Crippen LogP contribution in [-0.4, -0.2) is 75.9 Å². The van der Waals surface area contributed by atoms with Gasteiger partial charge in [0.05, 0.1) is 11.4 Å². The fourth-order valence-corrected chi connectivity index (χ4v) is 5.97. The largest absolute Gasteiger partial charge is 0.412 e. The molecular formula is C32H37N5O4S. The average Bonchev–Trinajstić information content (AvgIpc) is 2.99. The summed E-state index contributed by atoms with van der Waals surface area (Å²) in [5.74, 6) is 0.114. The van der Waals surface area contributed by atoms with Crippen LogP contribution in [0.4, 0.5) is 11.4 Å². The number of Topliss-reactive ketones (excluding diaryl/α,β-unsaturated/α-hetero) is 1.